The van der Waals surface area contributed by atoms with Gasteiger partial charge in [-0.15, -0.1) is 0 Å². The van der Waals surface area contributed by atoms with E-state index in [-0.39, 0.29) is 31.6 Å². The monoisotopic (exact) mass is 468 g/mol. The number of carbonyl (C=O) groups excluding carboxylic acids is 1. The SMILES string of the molecule is CCc1ccc([C@@H]2C[C@H](C(F)F)n3ncc(CC(=O)NCc4ccc5c(c4)OCO5)c3N2)cc1. The second-order valence-electron chi connectivity index (χ2n) is 8.53. The Morgan fingerprint density at radius 1 is 1.18 bits per heavy atom. The number of nitrogens with zero attached hydrogens (tertiary/aromatic N) is 2. The Morgan fingerprint density at radius 2 is 1.94 bits per heavy atom. The van der Waals surface area contributed by atoms with Crippen molar-refractivity contribution in [1.29, 1.82) is 0 Å². The van der Waals surface area contributed by atoms with Crippen molar-refractivity contribution in [3.63, 3.8) is 0 Å². The second kappa shape index (κ2) is 9.32. The molecule has 3 heterocycles. The minimum absolute atomic E-state index is 0.0321. The van der Waals surface area contributed by atoms with Gasteiger partial charge in [0.05, 0.1) is 18.7 Å². The molecule has 0 saturated heterocycles. The summed E-state index contributed by atoms with van der Waals surface area (Å²) in [6.07, 6.45) is 0.0973. The molecular formula is C25H26F2N4O3. The van der Waals surface area contributed by atoms with Gasteiger partial charge in [-0.2, -0.15) is 5.10 Å². The Bertz CT molecular complexity index is 1180. The van der Waals surface area contributed by atoms with E-state index in [1.54, 1.807) is 6.07 Å². The molecule has 7 nitrogen and oxygen atoms in total. The Morgan fingerprint density at radius 3 is 2.71 bits per heavy atom. The van der Waals surface area contributed by atoms with Crippen LogP contribution in [0, 0.1) is 0 Å². The van der Waals surface area contributed by atoms with E-state index in [9.17, 15) is 13.6 Å². The van der Waals surface area contributed by atoms with Gasteiger partial charge in [0.1, 0.15) is 11.9 Å². The number of anilines is 1. The summed E-state index contributed by atoms with van der Waals surface area (Å²) in [7, 11) is 0. The Hall–Kier alpha value is -3.62. The molecule has 0 unspecified atom stereocenters. The lowest BCUT2D eigenvalue weighted by molar-refractivity contribution is -0.120. The standard InChI is InChI=1S/C25H26F2N4O3/c1-2-15-3-6-17(7-4-15)19-11-20(24(26)27)31-25(30-19)18(13-29-31)10-23(32)28-12-16-5-8-21-22(9-16)34-14-33-21/h3-9,13,19-20,24,30H,2,10-12,14H2,1H3,(H,28,32)/t19-,20+/m0/s1. The largest absolute Gasteiger partial charge is 0.454 e. The molecule has 3 aromatic rings. The van der Waals surface area contributed by atoms with Crippen LogP contribution in [0.15, 0.2) is 48.7 Å². The van der Waals surface area contributed by atoms with Crippen LogP contribution in [0.5, 0.6) is 11.5 Å². The fourth-order valence-electron chi connectivity index (χ4n) is 4.40. The van der Waals surface area contributed by atoms with Gasteiger partial charge in [-0.05, 0) is 41.7 Å². The van der Waals surface area contributed by atoms with Crippen molar-refractivity contribution in [1.82, 2.24) is 15.1 Å². The van der Waals surface area contributed by atoms with Gasteiger partial charge in [-0.3, -0.25) is 4.79 Å². The molecule has 2 N–H and O–H groups in total. The maximum Gasteiger partial charge on any atom is 0.260 e. The van der Waals surface area contributed by atoms with E-state index < -0.39 is 12.5 Å². The molecule has 2 aliphatic rings. The molecule has 2 aliphatic heterocycles. The predicted molar refractivity (Wildman–Crippen MR) is 122 cm³/mol. The highest BCUT2D eigenvalue weighted by atomic mass is 19.3. The maximum absolute atomic E-state index is 13.9. The lowest BCUT2D eigenvalue weighted by Crippen LogP contribution is -2.31. The van der Waals surface area contributed by atoms with Gasteiger partial charge >= 0.3 is 0 Å². The normalized spacial score (nSPS) is 18.5. The Kier molecular flexibility index (Phi) is 6.08. The third-order valence-electron chi connectivity index (χ3n) is 6.33. The number of carbonyl (C=O) groups is 1. The van der Waals surface area contributed by atoms with Gasteiger partial charge in [-0.25, -0.2) is 13.5 Å². The van der Waals surface area contributed by atoms with Crippen LogP contribution in [0.4, 0.5) is 14.6 Å². The number of nitrogens with one attached hydrogen (secondary N) is 2. The summed E-state index contributed by atoms with van der Waals surface area (Å²) in [6.45, 7) is 2.58. The molecule has 9 heteroatoms. The maximum atomic E-state index is 13.9. The van der Waals surface area contributed by atoms with Crippen LogP contribution in [0.2, 0.25) is 0 Å². The molecule has 0 bridgehead atoms. The highest BCUT2D eigenvalue weighted by Crippen LogP contribution is 2.39. The summed E-state index contributed by atoms with van der Waals surface area (Å²) >= 11 is 0. The number of alkyl halides is 2. The first-order valence-electron chi connectivity index (χ1n) is 11.4. The van der Waals surface area contributed by atoms with Crippen molar-refractivity contribution in [3.05, 3.63) is 70.9 Å². The van der Waals surface area contributed by atoms with Gasteiger partial charge in [0.25, 0.3) is 6.43 Å². The number of aryl methyl sites for hydroxylation is 1. The van der Waals surface area contributed by atoms with Crippen LogP contribution in [0.25, 0.3) is 0 Å². The van der Waals surface area contributed by atoms with Gasteiger partial charge in [0, 0.05) is 12.1 Å². The van der Waals surface area contributed by atoms with Crippen molar-refractivity contribution in [2.75, 3.05) is 12.1 Å². The molecule has 0 aliphatic carbocycles. The first kappa shape index (κ1) is 22.2. The summed E-state index contributed by atoms with van der Waals surface area (Å²) in [5, 5.41) is 10.4. The van der Waals surface area contributed by atoms with Crippen LogP contribution in [0.3, 0.4) is 0 Å². The second-order valence-corrected chi connectivity index (χ2v) is 8.53. The number of rotatable bonds is 7. The summed E-state index contributed by atoms with van der Waals surface area (Å²) < 4.78 is 39.8. The highest BCUT2D eigenvalue weighted by molar-refractivity contribution is 5.80. The van der Waals surface area contributed by atoms with Crippen LogP contribution in [-0.4, -0.2) is 28.9 Å². The van der Waals surface area contributed by atoms with Crippen LogP contribution in [-0.2, 0) is 24.2 Å². The van der Waals surface area contributed by atoms with E-state index in [0.717, 1.165) is 17.5 Å². The number of aromatic nitrogens is 2. The van der Waals surface area contributed by atoms with E-state index in [1.165, 1.54) is 16.4 Å². The van der Waals surface area contributed by atoms with Crippen molar-refractivity contribution in [2.24, 2.45) is 0 Å². The van der Waals surface area contributed by atoms with E-state index in [4.69, 9.17) is 9.47 Å². The van der Waals surface area contributed by atoms with E-state index in [2.05, 4.69) is 22.7 Å². The van der Waals surface area contributed by atoms with Gasteiger partial charge in [0.2, 0.25) is 12.7 Å². The number of amides is 1. The molecular weight excluding hydrogens is 442 g/mol. The van der Waals surface area contributed by atoms with Crippen LogP contribution in [0.1, 0.15) is 47.7 Å². The quantitative estimate of drug-likeness (QED) is 0.538. The molecule has 2 aromatic carbocycles. The van der Waals surface area contributed by atoms with Gasteiger partial charge in [0.15, 0.2) is 11.5 Å². The Balaban J connectivity index is 1.29. The third-order valence-corrected chi connectivity index (χ3v) is 6.33. The van der Waals surface area contributed by atoms with Crippen molar-refractivity contribution in [3.8, 4) is 11.5 Å². The third kappa shape index (κ3) is 4.42. The number of hydrogen-bond donors (Lipinski definition) is 2. The average Bonchev–Trinajstić information content (AvgIpc) is 3.49. The first-order chi connectivity index (χ1) is 16.5. The highest BCUT2D eigenvalue weighted by Gasteiger charge is 2.35. The summed E-state index contributed by atoms with van der Waals surface area (Å²) in [5.41, 5.74) is 3.59. The van der Waals surface area contributed by atoms with Crippen molar-refractivity contribution in [2.45, 2.75) is 51.2 Å². The van der Waals surface area contributed by atoms with Crippen molar-refractivity contribution < 1.29 is 23.0 Å². The summed E-state index contributed by atoms with van der Waals surface area (Å²) in [4.78, 5) is 12.7. The van der Waals surface area contributed by atoms with Crippen LogP contribution < -0.4 is 20.1 Å². The number of ether oxygens (including phenoxy) is 2. The topological polar surface area (TPSA) is 77.4 Å². The molecule has 5 rings (SSSR count). The van der Waals surface area contributed by atoms with E-state index in [0.29, 0.717) is 29.4 Å². The predicted octanol–water partition coefficient (Wildman–Crippen LogP) is 4.40. The molecule has 1 amide bonds. The lowest BCUT2D eigenvalue weighted by Gasteiger charge is -2.33. The van der Waals surface area contributed by atoms with Crippen molar-refractivity contribution >= 4 is 11.7 Å². The summed E-state index contributed by atoms with van der Waals surface area (Å²) in [5.74, 6) is 1.58. The molecule has 0 fully saturated rings. The van der Waals surface area contributed by atoms with E-state index in [1.807, 2.05) is 36.4 Å². The molecule has 0 saturated carbocycles. The number of benzene rings is 2. The lowest BCUT2D eigenvalue weighted by atomic mass is 9.95. The zero-order chi connectivity index (χ0) is 23.7. The van der Waals surface area contributed by atoms with Gasteiger partial charge < -0.3 is 20.1 Å². The zero-order valence-corrected chi connectivity index (χ0v) is 18.8. The smallest absolute Gasteiger partial charge is 0.260 e. The molecule has 178 valence electrons. The molecule has 0 radical (unpaired) electrons. The fourth-order valence-corrected chi connectivity index (χ4v) is 4.40. The van der Waals surface area contributed by atoms with Gasteiger partial charge in [-0.1, -0.05) is 37.3 Å². The molecule has 1 aromatic heterocycles. The number of halogens is 2. The van der Waals surface area contributed by atoms with E-state index >= 15 is 0 Å². The minimum atomic E-state index is -2.56. The molecule has 2 atom stereocenters. The minimum Gasteiger partial charge on any atom is -0.454 e. The Labute approximate surface area is 196 Å². The van der Waals surface area contributed by atoms with Crippen LogP contribution >= 0.6 is 0 Å². The average molecular weight is 469 g/mol. The first-order valence-corrected chi connectivity index (χ1v) is 11.4. The fraction of sp³-hybridized carbons (Fsp3) is 0.360. The molecule has 34 heavy (non-hydrogen) atoms. The zero-order valence-electron chi connectivity index (χ0n) is 18.8. The number of fused-ring (bicyclic) bond motifs is 2. The molecule has 0 spiro atoms. The summed E-state index contributed by atoms with van der Waals surface area (Å²) in [6, 6.07) is 12.1. The number of hydrogen-bond acceptors (Lipinski definition) is 5.